The van der Waals surface area contributed by atoms with Crippen LogP contribution in [0.3, 0.4) is 0 Å². The van der Waals surface area contributed by atoms with Crippen LogP contribution in [0.15, 0.2) is 24.3 Å². The molecule has 1 atom stereocenters. The molecule has 0 aliphatic carbocycles. The van der Waals surface area contributed by atoms with Gasteiger partial charge in [-0.25, -0.2) is 0 Å². The zero-order chi connectivity index (χ0) is 12.6. The minimum atomic E-state index is -1.05. The van der Waals surface area contributed by atoms with Gasteiger partial charge in [0, 0.05) is 32.0 Å². The van der Waals surface area contributed by atoms with Crippen molar-refractivity contribution in [3.8, 4) is 0 Å². The van der Waals surface area contributed by atoms with Crippen LogP contribution in [-0.4, -0.2) is 37.6 Å². The monoisotopic (exact) mass is 234 g/mol. The van der Waals surface area contributed by atoms with Crippen molar-refractivity contribution in [3.63, 3.8) is 0 Å². The van der Waals surface area contributed by atoms with E-state index in [1.54, 1.807) is 0 Å². The normalized spacial score (nSPS) is 18.8. The summed E-state index contributed by atoms with van der Waals surface area (Å²) in [5.41, 5.74) is 1.79. The van der Waals surface area contributed by atoms with Gasteiger partial charge in [-0.2, -0.15) is 0 Å². The van der Waals surface area contributed by atoms with Crippen molar-refractivity contribution in [1.29, 1.82) is 0 Å². The molecule has 1 saturated heterocycles. The summed E-state index contributed by atoms with van der Waals surface area (Å²) in [6.45, 7) is 0.259. The number of carbonyl (C=O) groups is 2. The molecule has 1 heterocycles. The Hall–Kier alpha value is -2.04. The number of amides is 1. The molecule has 0 aromatic heterocycles. The summed E-state index contributed by atoms with van der Waals surface area (Å²) in [4.78, 5) is 25.7. The number of rotatable bonds is 3. The van der Waals surface area contributed by atoms with Crippen LogP contribution in [-0.2, 0) is 9.59 Å². The number of carboxylic acid groups (broad SMARTS) is 1. The first-order chi connectivity index (χ1) is 8.00. The smallest absolute Gasteiger partial charge is 0.317 e. The van der Waals surface area contributed by atoms with E-state index < -0.39 is 11.9 Å². The predicted octanol–water partition coefficient (Wildman–Crippen LogP) is 0.800. The van der Waals surface area contributed by atoms with Gasteiger partial charge in [-0.3, -0.25) is 9.59 Å². The molecule has 1 N–H and O–H groups in total. The van der Waals surface area contributed by atoms with Gasteiger partial charge in [0.1, 0.15) is 0 Å². The molecule has 0 bridgehead atoms. The molecule has 1 aliphatic rings. The van der Waals surface area contributed by atoms with Gasteiger partial charge in [0.2, 0.25) is 5.91 Å². The summed E-state index contributed by atoms with van der Waals surface area (Å²) >= 11 is 0. The molecular formula is C12H14N2O3. The number of carbonyl (C=O) groups excluding carboxylic acids is 1. The van der Waals surface area contributed by atoms with Gasteiger partial charge < -0.3 is 14.9 Å². The van der Waals surface area contributed by atoms with Crippen LogP contribution < -0.4 is 9.80 Å². The third-order valence-corrected chi connectivity index (χ3v) is 2.91. The molecule has 17 heavy (non-hydrogen) atoms. The molecule has 90 valence electrons. The summed E-state index contributed by atoms with van der Waals surface area (Å²) in [5.74, 6) is -2.25. The van der Waals surface area contributed by atoms with E-state index in [0.717, 1.165) is 11.4 Å². The van der Waals surface area contributed by atoms with Crippen molar-refractivity contribution in [1.82, 2.24) is 0 Å². The van der Waals surface area contributed by atoms with Gasteiger partial charge in [-0.1, -0.05) is 0 Å². The van der Waals surface area contributed by atoms with Gasteiger partial charge in [-0.05, 0) is 24.3 Å². The van der Waals surface area contributed by atoms with Crippen molar-refractivity contribution in [3.05, 3.63) is 24.3 Å². The molecule has 5 heteroatoms. The highest BCUT2D eigenvalue weighted by atomic mass is 16.4. The second kappa shape index (κ2) is 4.08. The lowest BCUT2D eigenvalue weighted by molar-refractivity contribution is -0.149. The average Bonchev–Trinajstić information content (AvgIpc) is 2.27. The Bertz CT molecular complexity index is 453. The van der Waals surface area contributed by atoms with Crippen LogP contribution in [0.5, 0.6) is 0 Å². The standard InChI is InChI=1S/C12H14N2O3/c1-13(2)8-3-5-9(6-4-8)14-7-10(11(14)15)12(16)17/h3-6,10H,7H2,1-2H3,(H,16,17). The summed E-state index contributed by atoms with van der Waals surface area (Å²) in [6.07, 6.45) is 0. The number of β-lactam (4-membered cyclic amide) rings is 1. The Labute approximate surface area is 99.3 Å². The zero-order valence-electron chi connectivity index (χ0n) is 9.75. The molecule has 0 spiro atoms. The number of carboxylic acids is 1. The molecule has 1 unspecified atom stereocenters. The Morgan fingerprint density at radius 3 is 2.35 bits per heavy atom. The molecular weight excluding hydrogens is 220 g/mol. The largest absolute Gasteiger partial charge is 0.481 e. The summed E-state index contributed by atoms with van der Waals surface area (Å²) < 4.78 is 0. The fourth-order valence-electron chi connectivity index (χ4n) is 1.77. The van der Waals surface area contributed by atoms with E-state index in [-0.39, 0.29) is 12.5 Å². The molecule has 2 rings (SSSR count). The predicted molar refractivity (Wildman–Crippen MR) is 64.2 cm³/mol. The maximum atomic E-state index is 11.6. The molecule has 1 aromatic rings. The lowest BCUT2D eigenvalue weighted by Crippen LogP contribution is -2.56. The Kier molecular flexibility index (Phi) is 2.75. The van der Waals surface area contributed by atoms with Gasteiger partial charge >= 0.3 is 5.97 Å². The Morgan fingerprint density at radius 2 is 1.94 bits per heavy atom. The van der Waals surface area contributed by atoms with E-state index in [2.05, 4.69) is 0 Å². The number of benzene rings is 1. The van der Waals surface area contributed by atoms with E-state index in [1.165, 1.54) is 4.90 Å². The van der Waals surface area contributed by atoms with E-state index in [4.69, 9.17) is 5.11 Å². The van der Waals surface area contributed by atoms with Crippen molar-refractivity contribution >= 4 is 23.3 Å². The summed E-state index contributed by atoms with van der Waals surface area (Å²) in [7, 11) is 3.87. The first kappa shape index (κ1) is 11.4. The van der Waals surface area contributed by atoms with Gasteiger partial charge in [0.05, 0.1) is 0 Å². The lowest BCUT2D eigenvalue weighted by atomic mass is 9.98. The van der Waals surface area contributed by atoms with Crippen LogP contribution in [0.1, 0.15) is 0 Å². The summed E-state index contributed by atoms with van der Waals surface area (Å²) in [5, 5.41) is 8.73. The number of anilines is 2. The number of nitrogens with zero attached hydrogens (tertiary/aromatic N) is 2. The van der Waals surface area contributed by atoms with Crippen molar-refractivity contribution in [2.24, 2.45) is 5.92 Å². The minimum absolute atomic E-state index is 0.259. The highest BCUT2D eigenvalue weighted by molar-refractivity contribution is 6.12. The quantitative estimate of drug-likeness (QED) is 0.620. The zero-order valence-corrected chi connectivity index (χ0v) is 9.75. The third kappa shape index (κ3) is 1.95. The molecule has 5 nitrogen and oxygen atoms in total. The maximum Gasteiger partial charge on any atom is 0.317 e. The molecule has 0 saturated carbocycles. The first-order valence-corrected chi connectivity index (χ1v) is 5.32. The molecule has 1 amide bonds. The molecule has 1 aromatic carbocycles. The van der Waals surface area contributed by atoms with E-state index in [0.29, 0.717) is 0 Å². The highest BCUT2D eigenvalue weighted by Crippen LogP contribution is 2.27. The number of aliphatic carboxylic acids is 1. The van der Waals surface area contributed by atoms with E-state index in [1.807, 2.05) is 43.3 Å². The van der Waals surface area contributed by atoms with Crippen molar-refractivity contribution < 1.29 is 14.7 Å². The van der Waals surface area contributed by atoms with Crippen LogP contribution in [0.2, 0.25) is 0 Å². The minimum Gasteiger partial charge on any atom is -0.481 e. The molecule has 1 aliphatic heterocycles. The molecule has 0 radical (unpaired) electrons. The average molecular weight is 234 g/mol. The third-order valence-electron chi connectivity index (χ3n) is 2.91. The first-order valence-electron chi connectivity index (χ1n) is 5.32. The second-order valence-corrected chi connectivity index (χ2v) is 4.25. The van der Waals surface area contributed by atoms with Crippen LogP contribution in [0.4, 0.5) is 11.4 Å². The SMILES string of the molecule is CN(C)c1ccc(N2CC(C(=O)O)C2=O)cc1. The lowest BCUT2D eigenvalue weighted by Gasteiger charge is -2.36. The van der Waals surface area contributed by atoms with E-state index >= 15 is 0 Å². The Morgan fingerprint density at radius 1 is 1.35 bits per heavy atom. The number of hydrogen-bond donors (Lipinski definition) is 1. The van der Waals surface area contributed by atoms with Crippen LogP contribution in [0.25, 0.3) is 0 Å². The second-order valence-electron chi connectivity index (χ2n) is 4.25. The molecule has 1 fully saturated rings. The maximum absolute atomic E-state index is 11.6. The fraction of sp³-hybridized carbons (Fsp3) is 0.333. The van der Waals surface area contributed by atoms with Gasteiger partial charge in [0.25, 0.3) is 0 Å². The van der Waals surface area contributed by atoms with Crippen molar-refractivity contribution in [2.75, 3.05) is 30.4 Å². The van der Waals surface area contributed by atoms with Crippen LogP contribution >= 0.6 is 0 Å². The van der Waals surface area contributed by atoms with E-state index in [9.17, 15) is 9.59 Å². The number of hydrogen-bond acceptors (Lipinski definition) is 3. The fourth-order valence-corrected chi connectivity index (χ4v) is 1.77. The van der Waals surface area contributed by atoms with Gasteiger partial charge in [0.15, 0.2) is 5.92 Å². The summed E-state index contributed by atoms with van der Waals surface area (Å²) in [6, 6.07) is 7.45. The topological polar surface area (TPSA) is 60.9 Å². The van der Waals surface area contributed by atoms with Crippen molar-refractivity contribution in [2.45, 2.75) is 0 Å². The highest BCUT2D eigenvalue weighted by Gasteiger charge is 2.42. The van der Waals surface area contributed by atoms with Gasteiger partial charge in [-0.15, -0.1) is 0 Å². The van der Waals surface area contributed by atoms with Crippen LogP contribution in [0, 0.1) is 5.92 Å². The Balaban J connectivity index is 2.10.